The summed E-state index contributed by atoms with van der Waals surface area (Å²) in [5, 5.41) is 14.2. The van der Waals surface area contributed by atoms with Gasteiger partial charge in [-0.05, 0) is 36.2 Å². The number of hydrogen-bond acceptors (Lipinski definition) is 3. The first-order valence-corrected chi connectivity index (χ1v) is 6.82. The second-order valence-corrected chi connectivity index (χ2v) is 4.99. The number of nitrogens with one attached hydrogen (secondary N) is 1. The van der Waals surface area contributed by atoms with Gasteiger partial charge >= 0.3 is 0 Å². The third-order valence-corrected chi connectivity index (χ3v) is 3.41. The Kier molecular flexibility index (Phi) is 7.24. The van der Waals surface area contributed by atoms with Crippen LogP contribution < -0.4 is 5.32 Å². The first kappa shape index (κ1) is 18.4. The molecule has 1 N–H and O–H groups in total. The molecule has 0 aliphatic carbocycles. The number of benzene rings is 2. The molecule has 0 spiro atoms. The van der Waals surface area contributed by atoms with Gasteiger partial charge in [0.1, 0.15) is 5.82 Å². The summed E-state index contributed by atoms with van der Waals surface area (Å²) < 4.78 is 12.7. The first-order valence-electron chi connectivity index (χ1n) is 6.44. The number of non-ortho nitro benzene ring substituents is 1. The quantitative estimate of drug-likeness (QED) is 0.486. The first-order chi connectivity index (χ1) is 10.1. The Hall–Kier alpha value is -1.69. The zero-order valence-corrected chi connectivity index (χ0v) is 13.2. The molecule has 0 heterocycles. The minimum Gasteiger partial charge on any atom is -0.312 e. The van der Waals surface area contributed by atoms with Gasteiger partial charge in [-0.3, -0.25) is 10.1 Å². The smallest absolute Gasteiger partial charge is 0.270 e. The molecule has 4 nitrogen and oxygen atoms in total. The molecule has 2 aromatic carbocycles. The van der Waals surface area contributed by atoms with Crippen LogP contribution in [0.15, 0.2) is 42.5 Å². The average Bonchev–Trinajstić information content (AvgIpc) is 2.46. The fourth-order valence-corrected chi connectivity index (χ4v) is 2.18. The van der Waals surface area contributed by atoms with E-state index in [1.165, 1.54) is 24.3 Å². The molecule has 0 aliphatic rings. The molecule has 0 amide bonds. The zero-order valence-electron chi connectivity index (χ0n) is 11.6. The number of halogens is 3. The maximum atomic E-state index is 12.7. The molecule has 2 aromatic rings. The van der Waals surface area contributed by atoms with E-state index >= 15 is 0 Å². The summed E-state index contributed by atoms with van der Waals surface area (Å²) >= 11 is 6.01. The summed E-state index contributed by atoms with van der Waals surface area (Å²) in [4.78, 5) is 10.1. The van der Waals surface area contributed by atoms with Gasteiger partial charge in [-0.25, -0.2) is 4.39 Å². The molecule has 22 heavy (non-hydrogen) atoms. The van der Waals surface area contributed by atoms with Gasteiger partial charge < -0.3 is 5.32 Å². The molecule has 0 fully saturated rings. The molecule has 2 rings (SSSR count). The van der Waals surface area contributed by atoms with E-state index < -0.39 is 4.92 Å². The Balaban J connectivity index is 0.00000242. The van der Waals surface area contributed by atoms with Crippen LogP contribution in [-0.2, 0) is 13.0 Å². The summed E-state index contributed by atoms with van der Waals surface area (Å²) in [6.45, 7) is 1.31. The van der Waals surface area contributed by atoms with Gasteiger partial charge in [-0.1, -0.05) is 29.8 Å². The van der Waals surface area contributed by atoms with Crippen LogP contribution >= 0.6 is 24.0 Å². The predicted octanol–water partition coefficient (Wildman–Crippen LogP) is 4.14. The Morgan fingerprint density at radius 1 is 1.18 bits per heavy atom. The van der Waals surface area contributed by atoms with E-state index in [-0.39, 0.29) is 23.9 Å². The van der Waals surface area contributed by atoms with E-state index in [2.05, 4.69) is 5.32 Å². The van der Waals surface area contributed by atoms with Crippen LogP contribution in [0.5, 0.6) is 0 Å². The maximum absolute atomic E-state index is 12.7. The highest BCUT2D eigenvalue weighted by Gasteiger charge is 2.08. The number of rotatable bonds is 6. The molecule has 0 saturated heterocycles. The summed E-state index contributed by atoms with van der Waals surface area (Å²) in [6, 6.07) is 10.8. The minimum atomic E-state index is -0.470. The third-order valence-electron chi connectivity index (χ3n) is 3.06. The summed E-state index contributed by atoms with van der Waals surface area (Å²) in [7, 11) is 0. The van der Waals surface area contributed by atoms with Crippen LogP contribution in [0, 0.1) is 15.9 Å². The number of nitrogens with zero attached hydrogens (tertiary/aromatic N) is 1. The van der Waals surface area contributed by atoms with E-state index in [0.29, 0.717) is 24.5 Å². The SMILES string of the molecule is Cl.O=[N+]([O-])c1ccc(CCNCc2ccc(F)cc2)c(Cl)c1. The zero-order chi connectivity index (χ0) is 15.2. The lowest BCUT2D eigenvalue weighted by Crippen LogP contribution is -2.16. The number of hydrogen-bond donors (Lipinski definition) is 1. The Morgan fingerprint density at radius 3 is 2.45 bits per heavy atom. The van der Waals surface area contributed by atoms with Crippen molar-refractivity contribution < 1.29 is 9.31 Å². The van der Waals surface area contributed by atoms with Crippen molar-refractivity contribution in [2.45, 2.75) is 13.0 Å². The summed E-state index contributed by atoms with van der Waals surface area (Å²) in [6.07, 6.45) is 0.665. The maximum Gasteiger partial charge on any atom is 0.270 e. The lowest BCUT2D eigenvalue weighted by Gasteiger charge is -2.06. The summed E-state index contributed by atoms with van der Waals surface area (Å²) in [5.74, 6) is -0.253. The van der Waals surface area contributed by atoms with Crippen molar-refractivity contribution in [2.75, 3.05) is 6.54 Å². The van der Waals surface area contributed by atoms with Gasteiger partial charge in [0.15, 0.2) is 0 Å². The molecule has 7 heteroatoms. The normalized spacial score (nSPS) is 10.1. The molecule has 0 atom stereocenters. The molecule has 0 aromatic heterocycles. The van der Waals surface area contributed by atoms with E-state index in [1.54, 1.807) is 18.2 Å². The highest BCUT2D eigenvalue weighted by molar-refractivity contribution is 6.31. The summed E-state index contributed by atoms with van der Waals surface area (Å²) in [5.41, 5.74) is 1.84. The largest absolute Gasteiger partial charge is 0.312 e. The van der Waals surface area contributed by atoms with Crippen molar-refractivity contribution in [1.29, 1.82) is 0 Å². The second-order valence-electron chi connectivity index (χ2n) is 4.59. The van der Waals surface area contributed by atoms with Crippen LogP contribution in [0.2, 0.25) is 5.02 Å². The van der Waals surface area contributed by atoms with Crippen molar-refractivity contribution in [3.63, 3.8) is 0 Å². The lowest BCUT2D eigenvalue weighted by atomic mass is 10.1. The highest BCUT2D eigenvalue weighted by atomic mass is 35.5. The fraction of sp³-hybridized carbons (Fsp3) is 0.200. The molecule has 0 aliphatic heterocycles. The van der Waals surface area contributed by atoms with E-state index in [4.69, 9.17) is 11.6 Å². The van der Waals surface area contributed by atoms with Gasteiger partial charge in [0.05, 0.1) is 9.95 Å². The topological polar surface area (TPSA) is 55.2 Å². The minimum absolute atomic E-state index is 0. The Labute approximate surface area is 138 Å². The Bertz CT molecular complexity index is 636. The van der Waals surface area contributed by atoms with E-state index in [9.17, 15) is 14.5 Å². The monoisotopic (exact) mass is 344 g/mol. The van der Waals surface area contributed by atoms with Crippen molar-refractivity contribution in [3.05, 3.63) is 74.5 Å². The molecule has 0 radical (unpaired) electrons. The third kappa shape index (κ3) is 5.26. The lowest BCUT2D eigenvalue weighted by molar-refractivity contribution is -0.384. The van der Waals surface area contributed by atoms with Crippen molar-refractivity contribution in [3.8, 4) is 0 Å². The predicted molar refractivity (Wildman–Crippen MR) is 87.2 cm³/mol. The van der Waals surface area contributed by atoms with Gasteiger partial charge in [-0.15, -0.1) is 12.4 Å². The van der Waals surface area contributed by atoms with Gasteiger partial charge in [0.2, 0.25) is 0 Å². The standard InChI is InChI=1S/C15H14ClFN2O2.ClH/c16-15-9-14(19(20)21)6-3-12(15)7-8-18-10-11-1-4-13(17)5-2-11;/h1-6,9,18H,7-8,10H2;1H. The number of nitro benzene ring substituents is 1. The van der Waals surface area contributed by atoms with Crippen LogP contribution in [0.25, 0.3) is 0 Å². The average molecular weight is 345 g/mol. The highest BCUT2D eigenvalue weighted by Crippen LogP contribution is 2.22. The Morgan fingerprint density at radius 2 is 1.86 bits per heavy atom. The van der Waals surface area contributed by atoms with Crippen LogP contribution in [0.3, 0.4) is 0 Å². The molecule has 0 unspecified atom stereocenters. The molecule has 118 valence electrons. The van der Waals surface area contributed by atoms with Crippen molar-refractivity contribution in [1.82, 2.24) is 5.32 Å². The molecular weight excluding hydrogens is 330 g/mol. The van der Waals surface area contributed by atoms with Crippen LogP contribution in [0.4, 0.5) is 10.1 Å². The molecule has 0 bridgehead atoms. The van der Waals surface area contributed by atoms with E-state index in [1.807, 2.05) is 0 Å². The fourth-order valence-electron chi connectivity index (χ4n) is 1.91. The molecular formula is C15H15Cl2FN2O2. The molecule has 0 saturated carbocycles. The van der Waals surface area contributed by atoms with Crippen molar-refractivity contribution in [2.24, 2.45) is 0 Å². The van der Waals surface area contributed by atoms with Crippen molar-refractivity contribution >= 4 is 29.7 Å². The van der Waals surface area contributed by atoms with E-state index in [0.717, 1.165) is 11.1 Å². The van der Waals surface area contributed by atoms with Gasteiger partial charge in [0.25, 0.3) is 5.69 Å². The van der Waals surface area contributed by atoms with Gasteiger partial charge in [-0.2, -0.15) is 0 Å². The number of nitro groups is 1. The van der Waals surface area contributed by atoms with Crippen LogP contribution in [-0.4, -0.2) is 11.5 Å². The second kappa shape index (κ2) is 8.68. The van der Waals surface area contributed by atoms with Crippen LogP contribution in [0.1, 0.15) is 11.1 Å². The van der Waals surface area contributed by atoms with Gasteiger partial charge in [0, 0.05) is 18.7 Å².